The van der Waals surface area contributed by atoms with Crippen LogP contribution in [0.2, 0.25) is 0 Å². The molecule has 0 aliphatic heterocycles. The number of pyridine rings is 2. The second-order valence-corrected chi connectivity index (χ2v) is 7.99. The molecule has 0 aliphatic carbocycles. The Morgan fingerprint density at radius 1 is 0.811 bits per heavy atom. The molecular weight excluding hydrogens is 512 g/mol. The number of aromatic amines is 2. The van der Waals surface area contributed by atoms with Gasteiger partial charge in [0, 0.05) is 26.0 Å². The smallest absolute Gasteiger partial charge is 0.256 e. The minimum atomic E-state index is -0.385. The van der Waals surface area contributed by atoms with Crippen LogP contribution in [0.4, 0.5) is 0 Å². The van der Waals surface area contributed by atoms with Crippen molar-refractivity contribution in [3.8, 4) is 0 Å². The van der Waals surface area contributed by atoms with Gasteiger partial charge in [0.05, 0.1) is 22.2 Å². The zero-order valence-corrected chi connectivity index (χ0v) is 22.8. The average molecular weight is 553 g/mol. The van der Waals surface area contributed by atoms with E-state index < -0.39 is 0 Å². The quantitative estimate of drug-likeness (QED) is 0.280. The highest BCUT2D eigenvalue weighted by Gasteiger charge is 2.16. The number of nitrogens with zero attached hydrogens (tertiary/aromatic N) is 2. The van der Waals surface area contributed by atoms with Crippen LogP contribution >= 0.6 is 23.1 Å². The van der Waals surface area contributed by atoms with Crippen LogP contribution in [0, 0.1) is 13.8 Å². The fourth-order valence-electron chi connectivity index (χ4n) is 2.87. The molecule has 0 aliphatic rings. The third-order valence-corrected chi connectivity index (χ3v) is 6.16. The molecule has 0 atom stereocenters. The largest absolute Gasteiger partial charge is 0.355 e. The lowest BCUT2D eigenvalue weighted by Crippen LogP contribution is -2.28. The van der Waals surface area contributed by atoms with Crippen LogP contribution in [0.3, 0.4) is 0 Å². The summed E-state index contributed by atoms with van der Waals surface area (Å²) in [7, 11) is 1.49. The average Bonchev–Trinajstić information content (AvgIpc) is 3.45. The maximum Gasteiger partial charge on any atom is 0.256 e. The van der Waals surface area contributed by atoms with Crippen molar-refractivity contribution < 1.29 is 9.59 Å². The topological polar surface area (TPSA) is 150 Å². The van der Waals surface area contributed by atoms with Gasteiger partial charge in [-0.2, -0.15) is 8.75 Å². The molecule has 37 heavy (non-hydrogen) atoms. The molecule has 4 heterocycles. The van der Waals surface area contributed by atoms with E-state index in [0.717, 1.165) is 0 Å². The van der Waals surface area contributed by atoms with E-state index in [1.54, 1.807) is 13.8 Å². The summed E-state index contributed by atoms with van der Waals surface area (Å²) in [6.45, 7) is 13.8. The molecular formula is C25H40N6O4S2. The second kappa shape index (κ2) is 17.1. The van der Waals surface area contributed by atoms with Gasteiger partial charge in [0.15, 0.2) is 0 Å². The van der Waals surface area contributed by atoms with E-state index in [0.29, 0.717) is 38.4 Å². The van der Waals surface area contributed by atoms with Crippen LogP contribution < -0.4 is 21.5 Å². The van der Waals surface area contributed by atoms with Crippen LogP contribution in [-0.4, -0.2) is 44.1 Å². The van der Waals surface area contributed by atoms with Crippen molar-refractivity contribution in [3.63, 3.8) is 0 Å². The van der Waals surface area contributed by atoms with Crippen LogP contribution in [0.25, 0.3) is 20.4 Å². The molecule has 0 saturated heterocycles. The predicted molar refractivity (Wildman–Crippen MR) is 158 cm³/mol. The van der Waals surface area contributed by atoms with Gasteiger partial charge < -0.3 is 20.6 Å². The summed E-state index contributed by atoms with van der Waals surface area (Å²) in [5.41, 5.74) is 1.04. The molecule has 10 nitrogen and oxygen atoms in total. The second-order valence-electron chi connectivity index (χ2n) is 6.45. The SMILES string of the molecule is C.C.CC.CC.CCNC(=O)c1c[nH]c2snc(C)c2c1=O.CNC(=O)c1c[nH]c2snc(C)c2c1=O. The van der Waals surface area contributed by atoms with Crippen molar-refractivity contribution >= 4 is 55.3 Å². The number of hydrogen-bond acceptors (Lipinski definition) is 8. The van der Waals surface area contributed by atoms with Crippen LogP contribution in [0.1, 0.15) is 81.6 Å². The highest BCUT2D eigenvalue weighted by molar-refractivity contribution is 7.13. The molecule has 0 bridgehead atoms. The Morgan fingerprint density at radius 2 is 1.19 bits per heavy atom. The first-order valence-electron chi connectivity index (χ1n) is 11.3. The summed E-state index contributed by atoms with van der Waals surface area (Å²) in [5.74, 6) is -0.736. The van der Waals surface area contributed by atoms with Gasteiger partial charge in [-0.1, -0.05) is 42.5 Å². The number of rotatable bonds is 3. The van der Waals surface area contributed by atoms with Crippen LogP contribution in [-0.2, 0) is 0 Å². The molecule has 0 fully saturated rings. The Labute approximate surface area is 226 Å². The minimum Gasteiger partial charge on any atom is -0.355 e. The van der Waals surface area contributed by atoms with Crippen molar-refractivity contribution in [2.45, 2.75) is 63.3 Å². The highest BCUT2D eigenvalue weighted by Crippen LogP contribution is 2.17. The molecule has 4 rings (SSSR count). The summed E-state index contributed by atoms with van der Waals surface area (Å²) in [4.78, 5) is 54.1. The third-order valence-electron chi connectivity index (χ3n) is 4.42. The maximum absolute atomic E-state index is 12.0. The first-order valence-corrected chi connectivity index (χ1v) is 12.8. The highest BCUT2D eigenvalue weighted by atomic mass is 32.1. The number of fused-ring (bicyclic) bond motifs is 2. The first-order chi connectivity index (χ1) is 16.8. The van der Waals surface area contributed by atoms with Gasteiger partial charge in [0.1, 0.15) is 20.8 Å². The number of H-pyrrole nitrogens is 2. The predicted octanol–water partition coefficient (Wildman–Crippen LogP) is 5.02. The van der Waals surface area contributed by atoms with Gasteiger partial charge in [-0.25, -0.2) is 0 Å². The molecule has 12 heteroatoms. The Bertz CT molecular complexity index is 1400. The fourth-order valence-corrected chi connectivity index (χ4v) is 4.40. The Balaban J connectivity index is 0. The summed E-state index contributed by atoms with van der Waals surface area (Å²) in [5, 5.41) is 6.03. The number of nitrogens with one attached hydrogen (secondary N) is 4. The van der Waals surface area contributed by atoms with Gasteiger partial charge in [0.25, 0.3) is 11.8 Å². The van der Waals surface area contributed by atoms with Crippen molar-refractivity contribution in [2.75, 3.05) is 13.6 Å². The molecule has 4 aromatic rings. The van der Waals surface area contributed by atoms with Gasteiger partial charge in [0.2, 0.25) is 10.9 Å². The Kier molecular flexibility index (Phi) is 16.6. The standard InChI is InChI=1S/C10H11N3O2S.C9H9N3O2S.2C2H6.2CH4/c1-3-11-9(15)6-4-12-10-7(8(6)14)5(2)13-16-10;1-4-6-7(13)5(8(14)10-2)3-11-9(6)15-12-4;2*1-2;;/h4H,3H2,1-2H3,(H,11,15)(H,12,14);3H,1-2H3,(H,10,14)(H,11,13);2*1-2H3;2*1H4. The molecule has 0 saturated carbocycles. The van der Waals surface area contributed by atoms with Crippen molar-refractivity contribution in [3.05, 3.63) is 55.4 Å². The van der Waals surface area contributed by atoms with E-state index in [2.05, 4.69) is 29.3 Å². The lowest BCUT2D eigenvalue weighted by molar-refractivity contribution is 0.0949. The normalized spacial score (nSPS) is 9.19. The number of carbonyl (C=O) groups excluding carboxylic acids is 2. The summed E-state index contributed by atoms with van der Waals surface area (Å²) in [6, 6.07) is 0. The van der Waals surface area contributed by atoms with E-state index >= 15 is 0 Å². The van der Waals surface area contributed by atoms with Crippen molar-refractivity contribution in [1.82, 2.24) is 29.3 Å². The van der Waals surface area contributed by atoms with Crippen LogP contribution in [0.15, 0.2) is 22.0 Å². The van der Waals surface area contributed by atoms with Gasteiger partial charge >= 0.3 is 0 Å². The zero-order chi connectivity index (χ0) is 26.7. The summed E-state index contributed by atoms with van der Waals surface area (Å²) >= 11 is 2.44. The number of aromatic nitrogens is 4. The first kappa shape index (κ1) is 35.8. The summed E-state index contributed by atoms with van der Waals surface area (Å²) in [6.07, 6.45) is 2.86. The van der Waals surface area contributed by atoms with Gasteiger partial charge in [-0.15, -0.1) is 0 Å². The number of hydrogen-bond donors (Lipinski definition) is 4. The maximum atomic E-state index is 12.0. The number of aryl methyl sites for hydroxylation is 2. The van der Waals surface area contributed by atoms with E-state index in [-0.39, 0.29) is 48.7 Å². The van der Waals surface area contributed by atoms with Crippen LogP contribution in [0.5, 0.6) is 0 Å². The molecule has 0 aromatic carbocycles. The molecule has 4 aromatic heterocycles. The van der Waals surface area contributed by atoms with Gasteiger partial charge in [-0.3, -0.25) is 19.2 Å². The molecule has 4 N–H and O–H groups in total. The number of amides is 2. The Morgan fingerprint density at radius 3 is 1.54 bits per heavy atom. The van der Waals surface area contributed by atoms with E-state index in [1.807, 2.05) is 34.6 Å². The third kappa shape index (κ3) is 8.05. The van der Waals surface area contributed by atoms with E-state index in [9.17, 15) is 19.2 Å². The molecule has 206 valence electrons. The van der Waals surface area contributed by atoms with E-state index in [4.69, 9.17) is 0 Å². The molecule has 0 radical (unpaired) electrons. The fraction of sp³-hybridized carbons (Fsp3) is 0.440. The lowest BCUT2D eigenvalue weighted by Gasteiger charge is -2.01. The zero-order valence-electron chi connectivity index (χ0n) is 21.2. The van der Waals surface area contributed by atoms with Crippen molar-refractivity contribution in [2.24, 2.45) is 0 Å². The van der Waals surface area contributed by atoms with Gasteiger partial charge in [-0.05, 0) is 43.8 Å². The summed E-state index contributed by atoms with van der Waals surface area (Å²) < 4.78 is 8.14. The van der Waals surface area contributed by atoms with Crippen molar-refractivity contribution in [1.29, 1.82) is 0 Å². The molecule has 0 spiro atoms. The van der Waals surface area contributed by atoms with E-state index in [1.165, 1.54) is 42.5 Å². The monoisotopic (exact) mass is 552 g/mol. The minimum absolute atomic E-state index is 0. The Hall–Kier alpha value is -3.38. The lowest BCUT2D eigenvalue weighted by atomic mass is 10.2. The molecule has 2 amide bonds. The number of carbonyl (C=O) groups is 2. The molecule has 0 unspecified atom stereocenters.